The molecular formula is C21H25NO4S. The second kappa shape index (κ2) is 7.09. The summed E-state index contributed by atoms with van der Waals surface area (Å²) in [5.41, 5.74) is 2.20. The van der Waals surface area contributed by atoms with Crippen LogP contribution in [0.4, 0.5) is 0 Å². The van der Waals surface area contributed by atoms with E-state index in [9.17, 15) is 18.3 Å². The highest BCUT2D eigenvalue weighted by molar-refractivity contribution is 7.92. The van der Waals surface area contributed by atoms with E-state index in [1.54, 1.807) is 0 Å². The Morgan fingerprint density at radius 1 is 1.07 bits per heavy atom. The molecule has 0 saturated carbocycles. The second-order valence-corrected chi connectivity index (χ2v) is 9.84. The lowest BCUT2D eigenvalue weighted by molar-refractivity contribution is -0.145. The van der Waals surface area contributed by atoms with Crippen molar-refractivity contribution in [3.8, 4) is 0 Å². The molecule has 5 nitrogen and oxygen atoms in total. The zero-order valence-corrected chi connectivity index (χ0v) is 16.6. The minimum atomic E-state index is -3.76. The molecule has 0 aliphatic carbocycles. The summed E-state index contributed by atoms with van der Waals surface area (Å²) in [7, 11) is -3.76. The zero-order chi connectivity index (χ0) is 19.8. The van der Waals surface area contributed by atoms with E-state index in [2.05, 4.69) is 4.90 Å². The number of carboxylic acid groups (broad SMARTS) is 1. The number of hydrogen-bond donors (Lipinski definition) is 1. The molecular weight excluding hydrogens is 362 g/mol. The molecule has 6 heteroatoms. The van der Waals surface area contributed by atoms with E-state index >= 15 is 0 Å². The molecule has 1 aliphatic heterocycles. The van der Waals surface area contributed by atoms with Crippen molar-refractivity contribution in [3.05, 3.63) is 71.8 Å². The highest BCUT2D eigenvalue weighted by atomic mass is 32.2. The Labute approximate surface area is 160 Å². The first-order valence-electron chi connectivity index (χ1n) is 8.96. The smallest absolute Gasteiger partial charge is 0.325 e. The maximum atomic E-state index is 12.3. The first kappa shape index (κ1) is 19.6. The van der Waals surface area contributed by atoms with Crippen molar-refractivity contribution >= 4 is 15.8 Å². The predicted octanol–water partition coefficient (Wildman–Crippen LogP) is 2.98. The summed E-state index contributed by atoms with van der Waals surface area (Å²) in [4.78, 5) is 14.0. The number of hydrogen-bond acceptors (Lipinski definition) is 4. The Balaban J connectivity index is 1.97. The standard InChI is InChI=1S/C21H25NO4S/c1-15-18(21(2,20(23)24)27(3,25)26)14-22(15)19(16-10-6-4-7-11-16)17-12-8-5-9-13-17/h4-13,15,18-19H,14H2,1-3H3,(H,23,24)/t15-,18+,21?/m1/s1. The van der Waals surface area contributed by atoms with Crippen LogP contribution in [0.3, 0.4) is 0 Å². The topological polar surface area (TPSA) is 74.7 Å². The molecule has 144 valence electrons. The molecule has 3 atom stereocenters. The van der Waals surface area contributed by atoms with Crippen LogP contribution in [0.15, 0.2) is 60.7 Å². The lowest BCUT2D eigenvalue weighted by atomic mass is 9.76. The minimum absolute atomic E-state index is 0.0451. The molecule has 27 heavy (non-hydrogen) atoms. The van der Waals surface area contributed by atoms with Gasteiger partial charge in [0.25, 0.3) is 0 Å². The maximum absolute atomic E-state index is 12.3. The summed E-state index contributed by atoms with van der Waals surface area (Å²) in [6, 6.07) is 19.8. The second-order valence-electron chi connectivity index (χ2n) is 7.45. The van der Waals surface area contributed by atoms with Crippen LogP contribution in [0, 0.1) is 5.92 Å². The summed E-state index contributed by atoms with van der Waals surface area (Å²) in [6.07, 6.45) is 1.02. The molecule has 1 aliphatic rings. The van der Waals surface area contributed by atoms with E-state index in [-0.39, 0.29) is 12.1 Å². The van der Waals surface area contributed by atoms with Crippen LogP contribution in [0.5, 0.6) is 0 Å². The first-order valence-corrected chi connectivity index (χ1v) is 10.9. The molecule has 2 aromatic rings. The van der Waals surface area contributed by atoms with Crippen molar-refractivity contribution in [1.29, 1.82) is 0 Å². The molecule has 0 radical (unpaired) electrons. The van der Waals surface area contributed by atoms with Crippen molar-refractivity contribution in [2.45, 2.75) is 30.7 Å². The molecule has 1 saturated heterocycles. The van der Waals surface area contributed by atoms with Gasteiger partial charge in [-0.1, -0.05) is 60.7 Å². The fourth-order valence-corrected chi connectivity index (χ4v) is 5.19. The molecule has 0 aromatic heterocycles. The number of nitrogens with zero attached hydrogens (tertiary/aromatic N) is 1. The normalized spacial score (nSPS) is 22.8. The van der Waals surface area contributed by atoms with Crippen molar-refractivity contribution in [2.75, 3.05) is 12.8 Å². The first-order chi connectivity index (χ1) is 12.7. The van der Waals surface area contributed by atoms with Gasteiger partial charge in [0, 0.05) is 24.8 Å². The van der Waals surface area contributed by atoms with Gasteiger partial charge in [-0.3, -0.25) is 9.69 Å². The maximum Gasteiger partial charge on any atom is 0.325 e. The van der Waals surface area contributed by atoms with Crippen LogP contribution in [0.2, 0.25) is 0 Å². The molecule has 3 rings (SSSR count). The van der Waals surface area contributed by atoms with Crippen LogP contribution >= 0.6 is 0 Å². The van der Waals surface area contributed by atoms with E-state index in [0.717, 1.165) is 17.4 Å². The van der Waals surface area contributed by atoms with Gasteiger partial charge in [-0.2, -0.15) is 0 Å². The summed E-state index contributed by atoms with van der Waals surface area (Å²) < 4.78 is 22.8. The third-order valence-electron chi connectivity index (χ3n) is 5.98. The molecule has 0 bridgehead atoms. The molecule has 2 aromatic carbocycles. The Morgan fingerprint density at radius 3 is 1.85 bits per heavy atom. The van der Waals surface area contributed by atoms with Crippen LogP contribution in [-0.2, 0) is 14.6 Å². The van der Waals surface area contributed by atoms with E-state index in [0.29, 0.717) is 6.54 Å². The third-order valence-corrected chi connectivity index (χ3v) is 8.00. The highest BCUT2D eigenvalue weighted by Crippen LogP contribution is 2.44. The molecule has 0 spiro atoms. The lowest BCUT2D eigenvalue weighted by Crippen LogP contribution is -2.67. The SMILES string of the molecule is C[C@@H]1[C@@H](C(C)(C(=O)O)S(C)(=O)=O)CN1C(c1ccccc1)c1ccccc1. The minimum Gasteiger partial charge on any atom is -0.480 e. The van der Waals surface area contributed by atoms with Crippen molar-refractivity contribution in [3.63, 3.8) is 0 Å². The number of carboxylic acids is 1. The van der Waals surface area contributed by atoms with E-state index in [1.165, 1.54) is 6.92 Å². The van der Waals surface area contributed by atoms with Gasteiger partial charge in [-0.25, -0.2) is 8.42 Å². The van der Waals surface area contributed by atoms with Gasteiger partial charge in [0.15, 0.2) is 14.6 Å². The number of rotatable bonds is 6. The Kier molecular flexibility index (Phi) is 5.14. The summed E-state index contributed by atoms with van der Waals surface area (Å²) in [5, 5.41) is 9.68. The van der Waals surface area contributed by atoms with Gasteiger partial charge in [-0.05, 0) is 25.0 Å². The van der Waals surface area contributed by atoms with Gasteiger partial charge in [-0.15, -0.1) is 0 Å². The van der Waals surface area contributed by atoms with Crippen molar-refractivity contribution < 1.29 is 18.3 Å². The molecule has 1 fully saturated rings. The highest BCUT2D eigenvalue weighted by Gasteiger charge is 2.59. The quantitative estimate of drug-likeness (QED) is 0.825. The fraction of sp³-hybridized carbons (Fsp3) is 0.381. The average molecular weight is 388 g/mol. The van der Waals surface area contributed by atoms with Crippen molar-refractivity contribution in [2.24, 2.45) is 5.92 Å². The molecule has 1 N–H and O–H groups in total. The van der Waals surface area contributed by atoms with Gasteiger partial charge < -0.3 is 5.11 Å². The Bertz CT molecular complexity index is 874. The predicted molar refractivity (Wildman–Crippen MR) is 105 cm³/mol. The van der Waals surface area contributed by atoms with Crippen LogP contribution in [-0.4, -0.2) is 48.0 Å². The fourth-order valence-electron chi connectivity index (χ4n) is 4.05. The van der Waals surface area contributed by atoms with Crippen LogP contribution in [0.1, 0.15) is 31.0 Å². The van der Waals surface area contributed by atoms with E-state index in [1.807, 2.05) is 67.6 Å². The number of aliphatic carboxylic acids is 1. The summed E-state index contributed by atoms with van der Waals surface area (Å²) >= 11 is 0. The van der Waals surface area contributed by atoms with Crippen LogP contribution < -0.4 is 0 Å². The summed E-state index contributed by atoms with van der Waals surface area (Å²) in [6.45, 7) is 3.66. The molecule has 1 heterocycles. The average Bonchev–Trinajstić information content (AvgIpc) is 2.64. The van der Waals surface area contributed by atoms with Gasteiger partial charge in [0.2, 0.25) is 0 Å². The van der Waals surface area contributed by atoms with Crippen molar-refractivity contribution in [1.82, 2.24) is 4.90 Å². The van der Waals surface area contributed by atoms with Gasteiger partial charge >= 0.3 is 5.97 Å². The van der Waals surface area contributed by atoms with E-state index in [4.69, 9.17) is 0 Å². The monoisotopic (exact) mass is 387 g/mol. The van der Waals surface area contributed by atoms with E-state index < -0.39 is 26.5 Å². The Hall–Kier alpha value is -2.18. The Morgan fingerprint density at radius 2 is 1.52 bits per heavy atom. The summed E-state index contributed by atoms with van der Waals surface area (Å²) in [5.74, 6) is -1.75. The largest absolute Gasteiger partial charge is 0.480 e. The lowest BCUT2D eigenvalue weighted by Gasteiger charge is -2.55. The number of sulfone groups is 1. The number of likely N-dealkylation sites (tertiary alicyclic amines) is 1. The third kappa shape index (κ3) is 3.28. The molecule has 0 amide bonds. The number of carbonyl (C=O) groups is 1. The zero-order valence-electron chi connectivity index (χ0n) is 15.7. The number of benzene rings is 2. The van der Waals surface area contributed by atoms with Crippen LogP contribution in [0.25, 0.3) is 0 Å². The molecule has 1 unspecified atom stereocenters. The van der Waals surface area contributed by atoms with Gasteiger partial charge in [0.1, 0.15) is 0 Å². The van der Waals surface area contributed by atoms with Gasteiger partial charge in [0.05, 0.1) is 6.04 Å².